The van der Waals surface area contributed by atoms with E-state index in [4.69, 9.17) is 0 Å². The van der Waals surface area contributed by atoms with Crippen molar-refractivity contribution < 1.29 is 0 Å². The number of nitrogens with one attached hydrogen (secondary N) is 2. The Morgan fingerprint density at radius 3 is 2.29 bits per heavy atom. The minimum absolute atomic E-state index is 0.754. The normalized spacial score (nSPS) is 10.4. The van der Waals surface area contributed by atoms with Gasteiger partial charge in [0.1, 0.15) is 18.0 Å². The van der Waals surface area contributed by atoms with Crippen LogP contribution in [0.25, 0.3) is 0 Å². The highest BCUT2D eigenvalue weighted by atomic mass is 79.9. The molecule has 0 aliphatic heterocycles. The maximum absolute atomic E-state index is 4.38. The fraction of sp³-hybridized carbons (Fsp3) is 0.375. The first-order chi connectivity index (χ1) is 10.2. The summed E-state index contributed by atoms with van der Waals surface area (Å²) in [4.78, 5) is 8.73. The van der Waals surface area contributed by atoms with Crippen LogP contribution in [0.3, 0.4) is 0 Å². The Kier molecular flexibility index (Phi) is 5.99. The zero-order chi connectivity index (χ0) is 15.1. The third kappa shape index (κ3) is 4.43. The molecule has 1 heterocycles. The molecule has 0 bridgehead atoms. The van der Waals surface area contributed by atoms with E-state index in [2.05, 4.69) is 62.5 Å². The van der Waals surface area contributed by atoms with Crippen molar-refractivity contribution in [1.29, 1.82) is 0 Å². The Bertz CT molecular complexity index is 569. The molecule has 0 unspecified atom stereocenters. The monoisotopic (exact) mass is 348 g/mol. The van der Waals surface area contributed by atoms with Crippen LogP contribution in [-0.2, 0) is 13.0 Å². The van der Waals surface area contributed by atoms with Crippen molar-refractivity contribution in [2.75, 3.05) is 17.2 Å². The number of anilines is 2. The smallest absolute Gasteiger partial charge is 0.134 e. The lowest BCUT2D eigenvalue weighted by Crippen LogP contribution is -2.10. The first kappa shape index (κ1) is 15.8. The fourth-order valence-electron chi connectivity index (χ4n) is 2.08. The number of hydrogen-bond acceptors (Lipinski definition) is 4. The maximum Gasteiger partial charge on any atom is 0.134 e. The van der Waals surface area contributed by atoms with E-state index in [1.165, 1.54) is 5.56 Å². The molecule has 0 aliphatic carbocycles. The third-order valence-corrected chi connectivity index (χ3v) is 3.74. The van der Waals surface area contributed by atoms with E-state index in [1.807, 2.05) is 12.1 Å². The lowest BCUT2D eigenvalue weighted by molar-refractivity contribution is 0.944. The minimum atomic E-state index is 0.754. The van der Waals surface area contributed by atoms with Gasteiger partial charge in [-0.15, -0.1) is 0 Å². The molecule has 0 atom stereocenters. The average molecular weight is 349 g/mol. The van der Waals surface area contributed by atoms with Crippen LogP contribution in [0.2, 0.25) is 0 Å². The molecule has 0 aliphatic rings. The Morgan fingerprint density at radius 1 is 1.00 bits per heavy atom. The van der Waals surface area contributed by atoms with Crippen LogP contribution in [0.4, 0.5) is 11.6 Å². The van der Waals surface area contributed by atoms with Gasteiger partial charge in [0, 0.05) is 23.1 Å². The number of nitrogens with zero attached hydrogens (tertiary/aromatic N) is 2. The second-order valence-electron chi connectivity index (χ2n) is 4.81. The zero-order valence-corrected chi connectivity index (χ0v) is 14.1. The number of benzene rings is 1. The van der Waals surface area contributed by atoms with E-state index in [-0.39, 0.29) is 0 Å². The van der Waals surface area contributed by atoms with Gasteiger partial charge in [0.25, 0.3) is 0 Å². The molecule has 112 valence electrons. The average Bonchev–Trinajstić information content (AvgIpc) is 2.52. The first-order valence-electron chi connectivity index (χ1n) is 7.30. The van der Waals surface area contributed by atoms with Gasteiger partial charge in [-0.1, -0.05) is 41.9 Å². The fourth-order valence-corrected chi connectivity index (χ4v) is 2.35. The summed E-state index contributed by atoms with van der Waals surface area (Å²) >= 11 is 3.45. The molecule has 2 N–H and O–H groups in total. The van der Waals surface area contributed by atoms with Gasteiger partial charge in [-0.2, -0.15) is 0 Å². The molecule has 0 fully saturated rings. The second kappa shape index (κ2) is 7.98. The van der Waals surface area contributed by atoms with Gasteiger partial charge < -0.3 is 10.6 Å². The molecule has 5 heteroatoms. The second-order valence-corrected chi connectivity index (χ2v) is 5.73. The molecule has 0 saturated carbocycles. The van der Waals surface area contributed by atoms with Gasteiger partial charge in [0.2, 0.25) is 0 Å². The van der Waals surface area contributed by atoms with Crippen LogP contribution in [-0.4, -0.2) is 16.5 Å². The van der Waals surface area contributed by atoms with Crippen molar-refractivity contribution in [3.63, 3.8) is 0 Å². The van der Waals surface area contributed by atoms with E-state index in [0.29, 0.717) is 0 Å². The largest absolute Gasteiger partial charge is 0.370 e. The lowest BCUT2D eigenvalue weighted by Gasteiger charge is -2.14. The van der Waals surface area contributed by atoms with Crippen LogP contribution < -0.4 is 10.6 Å². The van der Waals surface area contributed by atoms with Crippen LogP contribution in [0, 0.1) is 0 Å². The Morgan fingerprint density at radius 2 is 1.67 bits per heavy atom. The van der Waals surface area contributed by atoms with Crippen molar-refractivity contribution in [2.24, 2.45) is 0 Å². The molecule has 0 amide bonds. The van der Waals surface area contributed by atoms with Gasteiger partial charge in [-0.05, 0) is 30.5 Å². The molecule has 1 aromatic heterocycles. The SMILES string of the molecule is CCCNc1ncnc(NCc2ccc(Br)cc2)c1CC. The Labute approximate surface area is 134 Å². The summed E-state index contributed by atoms with van der Waals surface area (Å²) in [6, 6.07) is 8.29. The first-order valence-corrected chi connectivity index (χ1v) is 8.10. The van der Waals surface area contributed by atoms with Gasteiger partial charge in [-0.25, -0.2) is 9.97 Å². The number of hydrogen-bond donors (Lipinski definition) is 2. The van der Waals surface area contributed by atoms with Crippen molar-refractivity contribution >= 4 is 27.6 Å². The third-order valence-electron chi connectivity index (χ3n) is 3.21. The quantitative estimate of drug-likeness (QED) is 0.785. The number of halogens is 1. The minimum Gasteiger partial charge on any atom is -0.370 e. The molecule has 2 aromatic rings. The predicted molar refractivity (Wildman–Crippen MR) is 91.7 cm³/mol. The van der Waals surface area contributed by atoms with Gasteiger partial charge in [0.15, 0.2) is 0 Å². The Balaban J connectivity index is 2.10. The van der Waals surface area contributed by atoms with Crippen molar-refractivity contribution in [3.8, 4) is 0 Å². The molecule has 2 rings (SSSR count). The summed E-state index contributed by atoms with van der Waals surface area (Å²) in [5, 5.41) is 6.77. The van der Waals surface area contributed by atoms with Crippen LogP contribution in [0.5, 0.6) is 0 Å². The molecule has 0 saturated heterocycles. The van der Waals surface area contributed by atoms with E-state index < -0.39 is 0 Å². The van der Waals surface area contributed by atoms with Gasteiger partial charge in [-0.3, -0.25) is 0 Å². The molecule has 0 spiro atoms. The summed E-state index contributed by atoms with van der Waals surface area (Å²) in [6.07, 6.45) is 3.59. The van der Waals surface area contributed by atoms with Crippen molar-refractivity contribution in [2.45, 2.75) is 33.2 Å². The summed E-state index contributed by atoms with van der Waals surface area (Å²) < 4.78 is 1.09. The summed E-state index contributed by atoms with van der Waals surface area (Å²) in [5.74, 6) is 1.85. The lowest BCUT2D eigenvalue weighted by atomic mass is 10.2. The summed E-state index contributed by atoms with van der Waals surface area (Å²) in [7, 11) is 0. The zero-order valence-electron chi connectivity index (χ0n) is 12.5. The highest BCUT2D eigenvalue weighted by molar-refractivity contribution is 9.10. The van der Waals surface area contributed by atoms with E-state index >= 15 is 0 Å². The molecular formula is C16H21BrN4. The van der Waals surface area contributed by atoms with Gasteiger partial charge >= 0.3 is 0 Å². The standard InChI is InChI=1S/C16H21BrN4/c1-3-9-18-15-14(4-2)16(21-11-20-15)19-10-12-5-7-13(17)8-6-12/h5-8,11H,3-4,9-10H2,1-2H3,(H2,18,19,20,21). The number of rotatable bonds is 7. The highest BCUT2D eigenvalue weighted by Gasteiger charge is 2.09. The maximum atomic E-state index is 4.38. The molecule has 1 aromatic carbocycles. The van der Waals surface area contributed by atoms with E-state index in [9.17, 15) is 0 Å². The highest BCUT2D eigenvalue weighted by Crippen LogP contribution is 2.21. The molecule has 21 heavy (non-hydrogen) atoms. The molecule has 0 radical (unpaired) electrons. The Hall–Kier alpha value is -1.62. The van der Waals surface area contributed by atoms with Crippen LogP contribution >= 0.6 is 15.9 Å². The van der Waals surface area contributed by atoms with Crippen molar-refractivity contribution in [3.05, 3.63) is 46.2 Å². The summed E-state index contributed by atoms with van der Waals surface area (Å²) in [6.45, 7) is 5.95. The van der Waals surface area contributed by atoms with Crippen molar-refractivity contribution in [1.82, 2.24) is 9.97 Å². The van der Waals surface area contributed by atoms with E-state index in [0.717, 1.165) is 47.6 Å². The summed E-state index contributed by atoms with van der Waals surface area (Å²) in [5.41, 5.74) is 2.37. The van der Waals surface area contributed by atoms with Crippen LogP contribution in [0.15, 0.2) is 35.1 Å². The number of aromatic nitrogens is 2. The van der Waals surface area contributed by atoms with E-state index in [1.54, 1.807) is 6.33 Å². The topological polar surface area (TPSA) is 49.8 Å². The van der Waals surface area contributed by atoms with Gasteiger partial charge in [0.05, 0.1) is 0 Å². The predicted octanol–water partition coefficient (Wildman–Crippen LogP) is 4.24. The molecular weight excluding hydrogens is 328 g/mol. The molecule has 4 nitrogen and oxygen atoms in total. The van der Waals surface area contributed by atoms with Crippen LogP contribution in [0.1, 0.15) is 31.4 Å².